The van der Waals surface area contributed by atoms with Crippen LogP contribution >= 0.6 is 0 Å². The van der Waals surface area contributed by atoms with Crippen LogP contribution < -0.4 is 5.32 Å². The second kappa shape index (κ2) is 3.23. The van der Waals surface area contributed by atoms with Crippen molar-refractivity contribution in [1.82, 2.24) is 25.9 Å². The number of H-pyrrole nitrogens is 1. The third-order valence-corrected chi connectivity index (χ3v) is 1.06. The van der Waals surface area contributed by atoms with Crippen LogP contribution in [0.25, 0.3) is 0 Å². The van der Waals surface area contributed by atoms with Gasteiger partial charge in [-0.15, -0.1) is 10.2 Å². The monoisotopic (exact) mass is 143 g/mol. The topological polar surface area (TPSA) is 86.7 Å². The highest BCUT2D eigenvalue weighted by Gasteiger charge is 2.09. The number of aliphatic hydroxyl groups excluding tert-OH is 1. The number of hydrogen-bond donors (Lipinski definition) is 3. The minimum atomic E-state index is -0.677. The van der Waals surface area contributed by atoms with E-state index in [1.165, 1.54) is 0 Å². The molecule has 0 amide bonds. The SMILES string of the molecule is CNCC(O)c1nn[nH]n1. The number of nitrogens with zero attached hydrogens (tertiary/aromatic N) is 3. The third-order valence-electron chi connectivity index (χ3n) is 1.06. The first-order valence-corrected chi connectivity index (χ1v) is 2.90. The third kappa shape index (κ3) is 1.49. The van der Waals surface area contributed by atoms with Gasteiger partial charge < -0.3 is 10.4 Å². The molecule has 1 atom stereocenters. The van der Waals surface area contributed by atoms with Gasteiger partial charge in [-0.05, 0) is 7.05 Å². The Balaban J connectivity index is 2.50. The van der Waals surface area contributed by atoms with Gasteiger partial charge in [-0.25, -0.2) is 0 Å². The van der Waals surface area contributed by atoms with Crippen LogP contribution in [0, 0.1) is 0 Å². The molecule has 3 N–H and O–H groups in total. The Morgan fingerprint density at radius 2 is 2.60 bits per heavy atom. The van der Waals surface area contributed by atoms with E-state index >= 15 is 0 Å². The van der Waals surface area contributed by atoms with E-state index in [2.05, 4.69) is 25.9 Å². The van der Waals surface area contributed by atoms with Crippen molar-refractivity contribution in [2.75, 3.05) is 13.6 Å². The average Bonchev–Trinajstić information content (AvgIpc) is 2.38. The molecular weight excluding hydrogens is 134 g/mol. The maximum atomic E-state index is 9.16. The van der Waals surface area contributed by atoms with Crippen molar-refractivity contribution in [1.29, 1.82) is 0 Å². The summed E-state index contributed by atoms with van der Waals surface area (Å²) < 4.78 is 0. The summed E-state index contributed by atoms with van der Waals surface area (Å²) in [5.74, 6) is 0.314. The lowest BCUT2D eigenvalue weighted by Crippen LogP contribution is -2.17. The Morgan fingerprint density at radius 1 is 1.80 bits per heavy atom. The van der Waals surface area contributed by atoms with Gasteiger partial charge in [0.15, 0.2) is 0 Å². The highest BCUT2D eigenvalue weighted by atomic mass is 16.3. The number of aromatic nitrogens is 4. The summed E-state index contributed by atoms with van der Waals surface area (Å²) in [6, 6.07) is 0. The maximum Gasteiger partial charge on any atom is 0.204 e. The zero-order chi connectivity index (χ0) is 7.40. The summed E-state index contributed by atoms with van der Waals surface area (Å²) in [7, 11) is 1.74. The number of likely N-dealkylation sites (N-methyl/N-ethyl adjacent to an activating group) is 1. The summed E-state index contributed by atoms with van der Waals surface area (Å²) in [6.45, 7) is 0.430. The fourth-order valence-corrected chi connectivity index (χ4v) is 0.595. The summed E-state index contributed by atoms with van der Waals surface area (Å²) >= 11 is 0. The van der Waals surface area contributed by atoms with E-state index in [1.54, 1.807) is 7.05 Å². The molecule has 1 aromatic rings. The maximum absolute atomic E-state index is 9.16. The zero-order valence-corrected chi connectivity index (χ0v) is 5.57. The first-order valence-electron chi connectivity index (χ1n) is 2.90. The smallest absolute Gasteiger partial charge is 0.204 e. The molecule has 0 aliphatic heterocycles. The van der Waals surface area contributed by atoms with E-state index in [4.69, 9.17) is 5.11 Å². The van der Waals surface area contributed by atoms with E-state index in [0.29, 0.717) is 12.4 Å². The summed E-state index contributed by atoms with van der Waals surface area (Å²) in [4.78, 5) is 0. The molecule has 10 heavy (non-hydrogen) atoms. The Labute approximate surface area is 57.6 Å². The van der Waals surface area contributed by atoms with E-state index in [1.807, 2.05) is 0 Å². The van der Waals surface area contributed by atoms with E-state index in [0.717, 1.165) is 0 Å². The number of rotatable bonds is 3. The van der Waals surface area contributed by atoms with Crippen molar-refractivity contribution >= 4 is 0 Å². The molecule has 0 aromatic carbocycles. The molecule has 0 aliphatic rings. The molecule has 1 aromatic heterocycles. The first-order chi connectivity index (χ1) is 4.84. The zero-order valence-electron chi connectivity index (χ0n) is 5.57. The molecule has 0 radical (unpaired) electrons. The van der Waals surface area contributed by atoms with E-state index in [9.17, 15) is 0 Å². The molecule has 0 saturated heterocycles. The molecule has 0 bridgehead atoms. The number of nitrogens with one attached hydrogen (secondary N) is 2. The predicted molar refractivity (Wildman–Crippen MR) is 33.1 cm³/mol. The van der Waals surface area contributed by atoms with Crippen molar-refractivity contribution in [3.8, 4) is 0 Å². The van der Waals surface area contributed by atoms with E-state index < -0.39 is 6.10 Å². The van der Waals surface area contributed by atoms with Gasteiger partial charge in [0.2, 0.25) is 5.82 Å². The second-order valence-corrected chi connectivity index (χ2v) is 1.84. The number of hydrogen-bond acceptors (Lipinski definition) is 5. The number of aliphatic hydroxyl groups is 1. The molecule has 6 nitrogen and oxygen atoms in total. The molecule has 1 rings (SSSR count). The van der Waals surface area contributed by atoms with Gasteiger partial charge in [0.25, 0.3) is 0 Å². The van der Waals surface area contributed by atoms with Gasteiger partial charge in [0.1, 0.15) is 6.10 Å². The first kappa shape index (κ1) is 7.10. The molecule has 0 saturated carbocycles. The Kier molecular flexibility index (Phi) is 2.30. The van der Waals surface area contributed by atoms with Crippen molar-refractivity contribution in [2.24, 2.45) is 0 Å². The van der Waals surface area contributed by atoms with Crippen molar-refractivity contribution in [2.45, 2.75) is 6.10 Å². The molecule has 0 aliphatic carbocycles. The lowest BCUT2D eigenvalue weighted by atomic mass is 10.3. The van der Waals surface area contributed by atoms with Crippen LogP contribution in [-0.2, 0) is 0 Å². The average molecular weight is 143 g/mol. The highest BCUT2D eigenvalue weighted by molar-refractivity contribution is 4.83. The minimum absolute atomic E-state index is 0.314. The van der Waals surface area contributed by atoms with Gasteiger partial charge in [-0.1, -0.05) is 5.21 Å². The lowest BCUT2D eigenvalue weighted by molar-refractivity contribution is 0.168. The van der Waals surface area contributed by atoms with Gasteiger partial charge in [0.05, 0.1) is 0 Å². The van der Waals surface area contributed by atoms with Crippen LogP contribution in [0.1, 0.15) is 11.9 Å². The van der Waals surface area contributed by atoms with Crippen molar-refractivity contribution in [3.63, 3.8) is 0 Å². The van der Waals surface area contributed by atoms with Crippen LogP contribution in [0.15, 0.2) is 0 Å². The molecule has 0 spiro atoms. The number of aromatic amines is 1. The summed E-state index contributed by atoms with van der Waals surface area (Å²) in [5.41, 5.74) is 0. The molecule has 6 heteroatoms. The van der Waals surface area contributed by atoms with Gasteiger partial charge in [-0.3, -0.25) is 0 Å². The highest BCUT2D eigenvalue weighted by Crippen LogP contribution is 2.00. The molecule has 0 fully saturated rings. The van der Waals surface area contributed by atoms with Gasteiger partial charge in [-0.2, -0.15) is 5.21 Å². The normalized spacial score (nSPS) is 13.4. The predicted octanol–water partition coefficient (Wildman–Crippen LogP) is -1.55. The Bertz CT molecular complexity index is 174. The minimum Gasteiger partial charge on any atom is -0.384 e. The Hall–Kier alpha value is -1.01. The summed E-state index contributed by atoms with van der Waals surface area (Å²) in [5, 5.41) is 24.7. The van der Waals surface area contributed by atoms with Crippen LogP contribution in [-0.4, -0.2) is 39.3 Å². The largest absolute Gasteiger partial charge is 0.384 e. The fourth-order valence-electron chi connectivity index (χ4n) is 0.595. The standard InChI is InChI=1S/C4H9N5O/c1-5-2-3(10)4-6-8-9-7-4/h3,5,10H,2H2,1H3,(H,6,7,8,9). The second-order valence-electron chi connectivity index (χ2n) is 1.84. The van der Waals surface area contributed by atoms with Gasteiger partial charge in [0, 0.05) is 6.54 Å². The van der Waals surface area contributed by atoms with Crippen LogP contribution in [0.2, 0.25) is 0 Å². The number of tetrazole rings is 1. The van der Waals surface area contributed by atoms with Crippen molar-refractivity contribution in [3.05, 3.63) is 5.82 Å². The van der Waals surface area contributed by atoms with Crippen LogP contribution in [0.4, 0.5) is 0 Å². The molecule has 1 unspecified atom stereocenters. The van der Waals surface area contributed by atoms with Crippen molar-refractivity contribution < 1.29 is 5.11 Å². The quantitative estimate of drug-likeness (QED) is 0.477. The molecule has 1 heterocycles. The fraction of sp³-hybridized carbons (Fsp3) is 0.750. The van der Waals surface area contributed by atoms with Gasteiger partial charge >= 0.3 is 0 Å². The van der Waals surface area contributed by atoms with E-state index in [-0.39, 0.29) is 0 Å². The lowest BCUT2D eigenvalue weighted by Gasteiger charge is -2.02. The Morgan fingerprint density at radius 3 is 3.10 bits per heavy atom. The molecular formula is C4H9N5O. The molecule has 56 valence electrons. The van der Waals surface area contributed by atoms with Crippen LogP contribution in [0.5, 0.6) is 0 Å². The summed E-state index contributed by atoms with van der Waals surface area (Å²) in [6.07, 6.45) is -0.677. The van der Waals surface area contributed by atoms with Crippen LogP contribution in [0.3, 0.4) is 0 Å².